The number of hydrogen-bond acceptors (Lipinski definition) is 14. The fraction of sp³-hybridized carbons (Fsp3) is 0.947. The van der Waals surface area contributed by atoms with Crippen LogP contribution in [0.15, 0.2) is 0 Å². The average molecular weight is 500 g/mol. The molecule has 198 valence electrons. The maximum atomic E-state index is 11.2. The van der Waals surface area contributed by atoms with Crippen molar-refractivity contribution < 1.29 is 74.4 Å². The van der Waals surface area contributed by atoms with Gasteiger partial charge in [0.1, 0.15) is 61.0 Å². The highest BCUT2D eigenvalue weighted by Crippen LogP contribution is 2.30. The SMILES string of the molecule is CC1O[C@H](C)C(OC2OC(COC3OC(C(=O)O)C(O)C(O)C3O)C(O)C(O)C2O)C(O)C1O. The Balaban J connectivity index is 1.66. The van der Waals surface area contributed by atoms with Crippen molar-refractivity contribution in [3.8, 4) is 0 Å². The zero-order chi connectivity index (χ0) is 25.5. The number of carboxylic acid groups (broad SMARTS) is 1. The Morgan fingerprint density at radius 2 is 1.26 bits per heavy atom. The van der Waals surface area contributed by atoms with Gasteiger partial charge in [-0.15, -0.1) is 0 Å². The number of hydrogen-bond donors (Lipinski definition) is 9. The van der Waals surface area contributed by atoms with Crippen molar-refractivity contribution in [2.75, 3.05) is 6.61 Å². The van der Waals surface area contributed by atoms with Crippen LogP contribution in [0.4, 0.5) is 0 Å². The van der Waals surface area contributed by atoms with E-state index >= 15 is 0 Å². The molecule has 0 aromatic heterocycles. The molecular weight excluding hydrogens is 468 g/mol. The minimum Gasteiger partial charge on any atom is -0.479 e. The first-order valence-electron chi connectivity index (χ1n) is 10.8. The van der Waals surface area contributed by atoms with E-state index in [4.69, 9.17) is 28.8 Å². The summed E-state index contributed by atoms with van der Waals surface area (Å²) in [6, 6.07) is 0. The van der Waals surface area contributed by atoms with Gasteiger partial charge in [0.2, 0.25) is 0 Å². The molecule has 0 saturated carbocycles. The van der Waals surface area contributed by atoms with Crippen LogP contribution >= 0.6 is 0 Å². The molecule has 3 aliphatic heterocycles. The second-order valence-corrected chi connectivity index (χ2v) is 8.71. The zero-order valence-corrected chi connectivity index (χ0v) is 18.3. The third-order valence-electron chi connectivity index (χ3n) is 6.26. The molecule has 14 unspecified atom stereocenters. The van der Waals surface area contributed by atoms with Crippen LogP contribution in [0.2, 0.25) is 0 Å². The third kappa shape index (κ3) is 5.36. The molecule has 15 heteroatoms. The molecule has 3 fully saturated rings. The Bertz CT molecular complexity index is 695. The van der Waals surface area contributed by atoms with Crippen molar-refractivity contribution in [2.45, 2.75) is 106 Å². The topological polar surface area (TPSA) is 245 Å². The Morgan fingerprint density at radius 1 is 0.676 bits per heavy atom. The van der Waals surface area contributed by atoms with Crippen molar-refractivity contribution in [2.24, 2.45) is 0 Å². The summed E-state index contributed by atoms with van der Waals surface area (Å²) in [5.74, 6) is -1.62. The number of carbonyl (C=O) groups is 1. The maximum absolute atomic E-state index is 11.2. The minimum atomic E-state index is -1.93. The first-order chi connectivity index (χ1) is 15.8. The predicted molar refractivity (Wildman–Crippen MR) is 104 cm³/mol. The van der Waals surface area contributed by atoms with Crippen LogP contribution in [0.3, 0.4) is 0 Å². The second-order valence-electron chi connectivity index (χ2n) is 8.71. The molecule has 34 heavy (non-hydrogen) atoms. The fourth-order valence-corrected chi connectivity index (χ4v) is 4.14. The van der Waals surface area contributed by atoms with Crippen LogP contribution in [0, 0.1) is 0 Å². The number of aliphatic carboxylic acids is 1. The van der Waals surface area contributed by atoms with Crippen LogP contribution in [0.1, 0.15) is 13.8 Å². The molecular formula is C19H32O15. The van der Waals surface area contributed by atoms with E-state index in [-0.39, 0.29) is 0 Å². The number of rotatable bonds is 6. The van der Waals surface area contributed by atoms with Gasteiger partial charge in [0.05, 0.1) is 18.8 Å². The van der Waals surface area contributed by atoms with Gasteiger partial charge in [0.25, 0.3) is 0 Å². The molecule has 15 atom stereocenters. The number of aliphatic hydroxyl groups is 8. The van der Waals surface area contributed by atoms with Gasteiger partial charge in [-0.2, -0.15) is 0 Å². The zero-order valence-electron chi connectivity index (χ0n) is 18.3. The van der Waals surface area contributed by atoms with Gasteiger partial charge in [-0.1, -0.05) is 0 Å². The maximum Gasteiger partial charge on any atom is 0.335 e. The minimum absolute atomic E-state index is 0.638. The van der Waals surface area contributed by atoms with Gasteiger partial charge in [-0.25, -0.2) is 4.79 Å². The summed E-state index contributed by atoms with van der Waals surface area (Å²) in [5, 5.41) is 89.9. The lowest BCUT2D eigenvalue weighted by Crippen LogP contribution is -2.64. The standard InChI is InChI=1S/C19H32O15/c1-4-7(20)11(24)15(5(2)31-4)33-19-14(27)9(22)8(21)6(32-19)3-30-18-13(26)10(23)12(25)16(34-18)17(28)29/h4-16,18-27H,3H2,1-2H3,(H,28,29)/t4?,5-,6?,7?,8?,9?,10?,11?,12?,13?,14?,15?,16?,18?,19?/m1/s1. The molecule has 3 rings (SSSR count). The van der Waals surface area contributed by atoms with Crippen LogP contribution < -0.4 is 0 Å². The van der Waals surface area contributed by atoms with Gasteiger partial charge in [0.15, 0.2) is 18.7 Å². The molecule has 0 spiro atoms. The van der Waals surface area contributed by atoms with Gasteiger partial charge in [-0.3, -0.25) is 0 Å². The van der Waals surface area contributed by atoms with Crippen molar-refractivity contribution in [3.05, 3.63) is 0 Å². The summed E-state index contributed by atoms with van der Waals surface area (Å²) in [6.45, 7) is 2.46. The second kappa shape index (κ2) is 10.9. The highest BCUT2D eigenvalue weighted by molar-refractivity contribution is 5.73. The molecule has 0 radical (unpaired) electrons. The van der Waals surface area contributed by atoms with E-state index < -0.39 is 105 Å². The van der Waals surface area contributed by atoms with E-state index in [1.54, 1.807) is 13.8 Å². The quantitative estimate of drug-likeness (QED) is 0.165. The van der Waals surface area contributed by atoms with Gasteiger partial charge < -0.3 is 69.6 Å². The van der Waals surface area contributed by atoms with Crippen molar-refractivity contribution in [1.82, 2.24) is 0 Å². The summed E-state index contributed by atoms with van der Waals surface area (Å²) in [4.78, 5) is 11.2. The normalized spacial score (nSPS) is 52.4. The van der Waals surface area contributed by atoms with Gasteiger partial charge in [-0.05, 0) is 13.8 Å². The lowest BCUT2D eigenvalue weighted by Gasteiger charge is -2.46. The highest BCUT2D eigenvalue weighted by atomic mass is 16.7. The molecule has 0 aromatic carbocycles. The van der Waals surface area contributed by atoms with E-state index in [1.165, 1.54) is 0 Å². The van der Waals surface area contributed by atoms with Crippen LogP contribution in [-0.4, -0.2) is 150 Å². The van der Waals surface area contributed by atoms with E-state index in [0.717, 1.165) is 0 Å². The summed E-state index contributed by atoms with van der Waals surface area (Å²) < 4.78 is 26.7. The third-order valence-corrected chi connectivity index (χ3v) is 6.26. The van der Waals surface area contributed by atoms with Crippen molar-refractivity contribution in [3.63, 3.8) is 0 Å². The molecule has 0 bridgehead atoms. The summed E-state index contributed by atoms with van der Waals surface area (Å²) in [7, 11) is 0. The Labute approximate surface area is 193 Å². The van der Waals surface area contributed by atoms with Crippen molar-refractivity contribution in [1.29, 1.82) is 0 Å². The predicted octanol–water partition coefficient (Wildman–Crippen LogP) is -5.38. The first kappa shape index (κ1) is 27.5. The summed E-state index contributed by atoms with van der Waals surface area (Å²) in [6.07, 6.45) is -23.0. The molecule has 3 heterocycles. The fourth-order valence-electron chi connectivity index (χ4n) is 4.14. The van der Waals surface area contributed by atoms with Crippen molar-refractivity contribution >= 4 is 5.97 Å². The lowest BCUT2D eigenvalue weighted by atomic mass is 9.95. The molecule has 0 aromatic rings. The Hall–Kier alpha value is -1.05. The molecule has 0 amide bonds. The van der Waals surface area contributed by atoms with Crippen LogP contribution in [-0.2, 0) is 28.5 Å². The van der Waals surface area contributed by atoms with Gasteiger partial charge >= 0.3 is 5.97 Å². The van der Waals surface area contributed by atoms with E-state index in [2.05, 4.69) is 0 Å². The molecule has 3 saturated heterocycles. The monoisotopic (exact) mass is 500 g/mol. The number of aliphatic hydroxyl groups excluding tert-OH is 8. The van der Waals surface area contributed by atoms with E-state index in [0.29, 0.717) is 0 Å². The Morgan fingerprint density at radius 3 is 1.88 bits per heavy atom. The van der Waals surface area contributed by atoms with Gasteiger partial charge in [0, 0.05) is 0 Å². The molecule has 9 N–H and O–H groups in total. The largest absolute Gasteiger partial charge is 0.479 e. The van der Waals surface area contributed by atoms with Crippen LogP contribution in [0.25, 0.3) is 0 Å². The summed E-state index contributed by atoms with van der Waals surface area (Å²) in [5.41, 5.74) is 0. The number of carboxylic acids is 1. The first-order valence-corrected chi connectivity index (χ1v) is 10.8. The average Bonchev–Trinajstić information content (AvgIpc) is 2.78. The number of ether oxygens (including phenoxy) is 5. The van der Waals surface area contributed by atoms with E-state index in [1.807, 2.05) is 0 Å². The Kier molecular flexibility index (Phi) is 8.84. The highest BCUT2D eigenvalue weighted by Gasteiger charge is 2.51. The molecule has 15 nitrogen and oxygen atoms in total. The molecule has 0 aliphatic carbocycles. The summed E-state index contributed by atoms with van der Waals surface area (Å²) >= 11 is 0. The molecule has 3 aliphatic rings. The smallest absolute Gasteiger partial charge is 0.335 e. The lowest BCUT2D eigenvalue weighted by molar-refractivity contribution is -0.349. The van der Waals surface area contributed by atoms with Crippen LogP contribution in [0.5, 0.6) is 0 Å². The van der Waals surface area contributed by atoms with E-state index in [9.17, 15) is 45.6 Å².